The lowest BCUT2D eigenvalue weighted by Gasteiger charge is -2.22. The first kappa shape index (κ1) is 21.0. The number of anilines is 1. The summed E-state index contributed by atoms with van der Waals surface area (Å²) in [5, 5.41) is 2.56. The van der Waals surface area contributed by atoms with E-state index in [-0.39, 0.29) is 24.0 Å². The van der Waals surface area contributed by atoms with Crippen LogP contribution in [0.5, 0.6) is 5.75 Å². The molecule has 0 aliphatic heterocycles. The molecule has 1 N–H and O–H groups in total. The van der Waals surface area contributed by atoms with E-state index >= 15 is 0 Å². The lowest BCUT2D eigenvalue weighted by molar-refractivity contribution is -0.137. The van der Waals surface area contributed by atoms with Crippen LogP contribution in [0.1, 0.15) is 24.0 Å². The summed E-state index contributed by atoms with van der Waals surface area (Å²) in [4.78, 5) is 14.3. The molecule has 1 amide bonds. The summed E-state index contributed by atoms with van der Waals surface area (Å²) in [6.45, 7) is -2.73. The summed E-state index contributed by atoms with van der Waals surface area (Å²) in [5.74, 6) is -0.564. The number of carbonyl (C=O) groups excluding carboxylic acids is 1. The number of halogens is 5. The number of benzene rings is 2. The van der Waals surface area contributed by atoms with Crippen molar-refractivity contribution < 1.29 is 31.5 Å². The third-order valence-corrected chi connectivity index (χ3v) is 4.45. The Kier molecular flexibility index (Phi) is 6.36. The van der Waals surface area contributed by atoms with Gasteiger partial charge in [-0.2, -0.15) is 22.0 Å². The molecule has 2 aromatic carbocycles. The van der Waals surface area contributed by atoms with Crippen molar-refractivity contribution in [1.29, 1.82) is 0 Å². The highest BCUT2D eigenvalue weighted by molar-refractivity contribution is 5.93. The number of hydrogen-bond acceptors (Lipinski definition) is 3. The van der Waals surface area contributed by atoms with Crippen LogP contribution < -0.4 is 10.1 Å². The monoisotopic (exact) mass is 414 g/mol. The van der Waals surface area contributed by atoms with Crippen molar-refractivity contribution in [2.45, 2.75) is 38.2 Å². The molecule has 0 unspecified atom stereocenters. The molecule has 0 bridgehead atoms. The van der Waals surface area contributed by atoms with Gasteiger partial charge >= 0.3 is 12.8 Å². The van der Waals surface area contributed by atoms with Crippen molar-refractivity contribution in [2.24, 2.45) is 0 Å². The predicted octanol–water partition coefficient (Wildman–Crippen LogP) is 4.91. The Hall–Kier alpha value is -2.68. The Bertz CT molecular complexity index is 836. The van der Waals surface area contributed by atoms with Crippen LogP contribution in [0.4, 0.5) is 27.6 Å². The van der Waals surface area contributed by atoms with Gasteiger partial charge in [0.2, 0.25) is 5.91 Å². The summed E-state index contributed by atoms with van der Waals surface area (Å²) < 4.78 is 67.4. The van der Waals surface area contributed by atoms with Crippen LogP contribution in [-0.4, -0.2) is 30.0 Å². The molecule has 0 heterocycles. The highest BCUT2D eigenvalue weighted by Crippen LogP contribution is 2.31. The van der Waals surface area contributed by atoms with Gasteiger partial charge in [-0.3, -0.25) is 9.69 Å². The second kappa shape index (κ2) is 8.77. The molecule has 1 saturated carbocycles. The zero-order chi connectivity index (χ0) is 21.0. The van der Waals surface area contributed by atoms with Crippen LogP contribution in [0.15, 0.2) is 48.5 Å². The number of carbonyl (C=O) groups is 1. The standard InChI is InChI=1S/C20H19F5N2O2/c21-19(22)29-17-4-2-1-3-16(17)26-18(28)12-27(15-9-10-15)11-13-5-7-14(8-6-13)20(23,24)25/h1-8,15,19H,9-12H2,(H,26,28). The second-order valence-electron chi connectivity index (χ2n) is 6.75. The molecular formula is C20H19F5N2O2. The van der Waals surface area contributed by atoms with Crippen molar-refractivity contribution in [1.82, 2.24) is 4.90 Å². The minimum absolute atomic E-state index is 0.0191. The normalized spacial score (nSPS) is 14.3. The predicted molar refractivity (Wildman–Crippen MR) is 96.6 cm³/mol. The van der Waals surface area contributed by atoms with E-state index in [0.29, 0.717) is 12.1 Å². The van der Waals surface area contributed by atoms with Crippen molar-refractivity contribution in [2.75, 3.05) is 11.9 Å². The van der Waals surface area contributed by atoms with Crippen LogP contribution in [-0.2, 0) is 17.5 Å². The Labute approximate surface area is 164 Å². The molecule has 1 aliphatic carbocycles. The van der Waals surface area contributed by atoms with Crippen LogP contribution >= 0.6 is 0 Å². The number of nitrogens with one attached hydrogen (secondary N) is 1. The number of amides is 1. The summed E-state index contributed by atoms with van der Waals surface area (Å²) in [7, 11) is 0. The third kappa shape index (κ3) is 6.15. The average molecular weight is 414 g/mol. The number of alkyl halides is 5. The molecule has 3 rings (SSSR count). The lowest BCUT2D eigenvalue weighted by Crippen LogP contribution is -2.34. The largest absolute Gasteiger partial charge is 0.433 e. The van der Waals surface area contributed by atoms with E-state index in [9.17, 15) is 26.7 Å². The van der Waals surface area contributed by atoms with Gasteiger partial charge in [-0.05, 0) is 42.7 Å². The summed E-state index contributed by atoms with van der Waals surface area (Å²) in [6, 6.07) is 10.8. The Morgan fingerprint density at radius 1 is 1.10 bits per heavy atom. The maximum Gasteiger partial charge on any atom is 0.416 e. The van der Waals surface area contributed by atoms with Gasteiger partial charge in [0.1, 0.15) is 5.75 Å². The Morgan fingerprint density at radius 3 is 2.34 bits per heavy atom. The zero-order valence-electron chi connectivity index (χ0n) is 15.3. The van der Waals surface area contributed by atoms with Gasteiger partial charge in [0.15, 0.2) is 0 Å². The molecular weight excluding hydrogens is 395 g/mol. The fourth-order valence-corrected chi connectivity index (χ4v) is 2.93. The topological polar surface area (TPSA) is 41.6 Å². The quantitative estimate of drug-likeness (QED) is 0.624. The molecule has 0 radical (unpaired) electrons. The van der Waals surface area contributed by atoms with Crippen molar-refractivity contribution in [3.63, 3.8) is 0 Å². The molecule has 4 nitrogen and oxygen atoms in total. The fourth-order valence-electron chi connectivity index (χ4n) is 2.93. The maximum absolute atomic E-state index is 12.7. The van der Waals surface area contributed by atoms with E-state index in [4.69, 9.17) is 0 Å². The maximum atomic E-state index is 12.7. The molecule has 1 fully saturated rings. The molecule has 2 aromatic rings. The number of nitrogens with zero attached hydrogens (tertiary/aromatic N) is 1. The lowest BCUT2D eigenvalue weighted by atomic mass is 10.1. The van der Waals surface area contributed by atoms with Gasteiger partial charge in [0.05, 0.1) is 17.8 Å². The second-order valence-corrected chi connectivity index (χ2v) is 6.75. The summed E-state index contributed by atoms with van der Waals surface area (Å²) in [6.07, 6.45) is -2.62. The van der Waals surface area contributed by atoms with Crippen molar-refractivity contribution >= 4 is 11.6 Å². The Balaban J connectivity index is 1.63. The molecule has 9 heteroatoms. The first-order chi connectivity index (χ1) is 13.7. The number of ether oxygens (including phenoxy) is 1. The molecule has 0 spiro atoms. The van der Waals surface area contributed by atoms with E-state index < -0.39 is 24.3 Å². The first-order valence-corrected chi connectivity index (χ1v) is 8.96. The molecule has 29 heavy (non-hydrogen) atoms. The SMILES string of the molecule is O=C(CN(Cc1ccc(C(F)(F)F)cc1)C1CC1)Nc1ccccc1OC(F)F. The van der Waals surface area contributed by atoms with Crippen LogP contribution in [0.3, 0.4) is 0 Å². The van der Waals surface area contributed by atoms with Gasteiger partial charge in [0, 0.05) is 12.6 Å². The smallest absolute Gasteiger partial charge is 0.416 e. The summed E-state index contributed by atoms with van der Waals surface area (Å²) >= 11 is 0. The van der Waals surface area contributed by atoms with Crippen molar-refractivity contribution in [3.05, 3.63) is 59.7 Å². The number of para-hydroxylation sites is 2. The minimum Gasteiger partial charge on any atom is -0.433 e. The molecule has 0 saturated heterocycles. The molecule has 0 aromatic heterocycles. The number of hydrogen-bond donors (Lipinski definition) is 1. The van der Waals surface area contributed by atoms with Crippen LogP contribution in [0.2, 0.25) is 0 Å². The van der Waals surface area contributed by atoms with E-state index in [1.807, 2.05) is 4.90 Å². The third-order valence-electron chi connectivity index (χ3n) is 4.45. The van der Waals surface area contributed by atoms with E-state index in [1.165, 1.54) is 30.3 Å². The average Bonchev–Trinajstić information content (AvgIpc) is 3.47. The van der Waals surface area contributed by atoms with E-state index in [0.717, 1.165) is 25.0 Å². The first-order valence-electron chi connectivity index (χ1n) is 8.96. The van der Waals surface area contributed by atoms with E-state index in [2.05, 4.69) is 10.1 Å². The molecule has 1 aliphatic rings. The van der Waals surface area contributed by atoms with Crippen molar-refractivity contribution in [3.8, 4) is 5.75 Å². The van der Waals surface area contributed by atoms with Gasteiger partial charge in [-0.1, -0.05) is 24.3 Å². The molecule has 156 valence electrons. The summed E-state index contributed by atoms with van der Waals surface area (Å²) in [5.41, 5.74) is 0.0508. The highest BCUT2D eigenvalue weighted by Gasteiger charge is 2.32. The Morgan fingerprint density at radius 2 is 1.76 bits per heavy atom. The van der Waals surface area contributed by atoms with Gasteiger partial charge in [-0.15, -0.1) is 0 Å². The van der Waals surface area contributed by atoms with E-state index in [1.54, 1.807) is 6.07 Å². The zero-order valence-corrected chi connectivity index (χ0v) is 15.3. The minimum atomic E-state index is -4.40. The number of rotatable bonds is 8. The van der Waals surface area contributed by atoms with Crippen LogP contribution in [0, 0.1) is 0 Å². The fraction of sp³-hybridized carbons (Fsp3) is 0.350. The molecule has 0 atom stereocenters. The van der Waals surface area contributed by atoms with Gasteiger partial charge < -0.3 is 10.1 Å². The van der Waals surface area contributed by atoms with Crippen LogP contribution in [0.25, 0.3) is 0 Å². The highest BCUT2D eigenvalue weighted by atomic mass is 19.4. The van der Waals surface area contributed by atoms with Gasteiger partial charge in [-0.25, -0.2) is 0 Å². The van der Waals surface area contributed by atoms with Gasteiger partial charge in [0.25, 0.3) is 0 Å².